The first-order valence-electron chi connectivity index (χ1n) is 7.35. The highest BCUT2D eigenvalue weighted by Crippen LogP contribution is 2.26. The Balaban J connectivity index is 2.21. The monoisotopic (exact) mass is 283 g/mol. The number of carbonyl (C=O) groups excluding carboxylic acids is 1. The van der Waals surface area contributed by atoms with Gasteiger partial charge in [0.15, 0.2) is 0 Å². The first kappa shape index (κ1) is 15.1. The van der Waals surface area contributed by atoms with Crippen LogP contribution in [0.15, 0.2) is 0 Å². The van der Waals surface area contributed by atoms with E-state index in [-0.39, 0.29) is 18.0 Å². The topological polar surface area (TPSA) is 72.9 Å². The van der Waals surface area contributed by atoms with Crippen LogP contribution in [0.2, 0.25) is 0 Å². The van der Waals surface area contributed by atoms with Crippen molar-refractivity contribution < 1.29 is 14.7 Å². The molecule has 0 aromatic rings. The van der Waals surface area contributed by atoms with Crippen molar-refractivity contribution in [1.29, 1.82) is 0 Å². The zero-order valence-corrected chi connectivity index (χ0v) is 12.6. The molecule has 2 fully saturated rings. The quantitative estimate of drug-likeness (QED) is 0.796. The summed E-state index contributed by atoms with van der Waals surface area (Å²) in [4.78, 5) is 27.1. The molecule has 2 aliphatic rings. The highest BCUT2D eigenvalue weighted by molar-refractivity contribution is 5.77. The number of likely N-dealkylation sites (tertiary alicyclic amines) is 1. The number of nitrogens with zero attached hydrogens (tertiary/aromatic N) is 2. The lowest BCUT2D eigenvalue weighted by Gasteiger charge is -2.43. The molecule has 0 radical (unpaired) electrons. The van der Waals surface area contributed by atoms with Gasteiger partial charge in [0.25, 0.3) is 0 Å². The van der Waals surface area contributed by atoms with Crippen molar-refractivity contribution in [3.63, 3.8) is 0 Å². The molecule has 2 aliphatic heterocycles. The Morgan fingerprint density at radius 3 is 2.60 bits per heavy atom. The first-order chi connectivity index (χ1) is 9.32. The highest BCUT2D eigenvalue weighted by Gasteiger charge is 2.44. The van der Waals surface area contributed by atoms with E-state index in [1.165, 1.54) is 4.90 Å². The van der Waals surface area contributed by atoms with Gasteiger partial charge in [-0.25, -0.2) is 4.79 Å². The summed E-state index contributed by atoms with van der Waals surface area (Å²) in [6.45, 7) is 7.73. The van der Waals surface area contributed by atoms with Crippen LogP contribution in [0.4, 0.5) is 4.79 Å². The number of hydrogen-bond donors (Lipinski definition) is 2. The second kappa shape index (κ2) is 5.60. The van der Waals surface area contributed by atoms with E-state index in [0.717, 1.165) is 19.4 Å². The van der Waals surface area contributed by atoms with Gasteiger partial charge in [-0.05, 0) is 33.6 Å². The van der Waals surface area contributed by atoms with Gasteiger partial charge in [0.2, 0.25) is 5.91 Å². The molecule has 0 aliphatic carbocycles. The molecule has 0 saturated carbocycles. The summed E-state index contributed by atoms with van der Waals surface area (Å²) in [6, 6.07) is -0.215. The average Bonchev–Trinajstić information content (AvgIpc) is 2.76. The molecular weight excluding hydrogens is 258 g/mol. The molecule has 0 aromatic heterocycles. The number of carboxylic acid groups (broad SMARTS) is 1. The number of piperidine rings is 1. The van der Waals surface area contributed by atoms with Crippen LogP contribution in [0.5, 0.6) is 0 Å². The number of hydrogen-bond acceptors (Lipinski definition) is 3. The molecule has 0 spiro atoms. The Hall–Kier alpha value is -1.30. The van der Waals surface area contributed by atoms with E-state index < -0.39 is 11.6 Å². The van der Waals surface area contributed by atoms with Crippen LogP contribution in [0.3, 0.4) is 0 Å². The maximum absolute atomic E-state index is 12.1. The molecule has 2 saturated heterocycles. The van der Waals surface area contributed by atoms with Gasteiger partial charge in [-0.1, -0.05) is 0 Å². The van der Waals surface area contributed by atoms with Crippen molar-refractivity contribution in [2.24, 2.45) is 0 Å². The third-order valence-electron chi connectivity index (χ3n) is 4.17. The Labute approximate surface area is 120 Å². The lowest BCUT2D eigenvalue weighted by molar-refractivity contribution is -0.136. The van der Waals surface area contributed by atoms with Crippen molar-refractivity contribution >= 4 is 12.0 Å². The number of amides is 2. The van der Waals surface area contributed by atoms with E-state index in [4.69, 9.17) is 0 Å². The second-order valence-corrected chi connectivity index (χ2v) is 6.66. The Kier molecular flexibility index (Phi) is 4.22. The summed E-state index contributed by atoms with van der Waals surface area (Å²) >= 11 is 0. The molecule has 2 heterocycles. The maximum Gasteiger partial charge on any atom is 0.408 e. The molecule has 2 rings (SSSR count). The standard InChI is InChI=1S/C14H25N3O3/c1-14(2,3)17(13(19)20)11-9-15-8-10(11)16-7-5-4-6-12(16)18/h10-11,15H,4-9H2,1-3H3,(H,19,20)/t10-,11-/m0/s1. The van der Waals surface area contributed by atoms with Crippen LogP contribution in [-0.2, 0) is 4.79 Å². The minimum absolute atomic E-state index is 0.0434. The van der Waals surface area contributed by atoms with Gasteiger partial charge in [0.1, 0.15) is 0 Å². The molecule has 0 aromatic carbocycles. The zero-order chi connectivity index (χ0) is 14.9. The Bertz CT molecular complexity index is 392. The largest absolute Gasteiger partial charge is 0.465 e. The fourth-order valence-electron chi connectivity index (χ4n) is 3.34. The van der Waals surface area contributed by atoms with Crippen LogP contribution < -0.4 is 5.32 Å². The second-order valence-electron chi connectivity index (χ2n) is 6.66. The summed E-state index contributed by atoms with van der Waals surface area (Å²) in [7, 11) is 0. The number of rotatable bonds is 2. The lowest BCUT2D eigenvalue weighted by Crippen LogP contribution is -2.60. The molecule has 6 heteroatoms. The smallest absolute Gasteiger partial charge is 0.408 e. The molecule has 20 heavy (non-hydrogen) atoms. The van der Waals surface area contributed by atoms with E-state index in [2.05, 4.69) is 5.32 Å². The summed E-state index contributed by atoms with van der Waals surface area (Å²) in [5, 5.41) is 12.8. The van der Waals surface area contributed by atoms with Crippen molar-refractivity contribution in [1.82, 2.24) is 15.1 Å². The predicted molar refractivity (Wildman–Crippen MR) is 75.6 cm³/mol. The van der Waals surface area contributed by atoms with Gasteiger partial charge in [0.05, 0.1) is 12.1 Å². The molecule has 2 atom stereocenters. The van der Waals surface area contributed by atoms with E-state index >= 15 is 0 Å². The van der Waals surface area contributed by atoms with E-state index in [1.807, 2.05) is 25.7 Å². The van der Waals surface area contributed by atoms with Crippen molar-refractivity contribution in [2.75, 3.05) is 19.6 Å². The normalized spacial score (nSPS) is 27.8. The average molecular weight is 283 g/mol. The van der Waals surface area contributed by atoms with Gasteiger partial charge in [-0.3, -0.25) is 9.69 Å². The molecular formula is C14H25N3O3. The lowest BCUT2D eigenvalue weighted by atomic mass is 9.98. The van der Waals surface area contributed by atoms with Crippen molar-refractivity contribution in [2.45, 2.75) is 57.7 Å². The zero-order valence-electron chi connectivity index (χ0n) is 12.6. The van der Waals surface area contributed by atoms with E-state index in [9.17, 15) is 14.7 Å². The van der Waals surface area contributed by atoms with Gasteiger partial charge < -0.3 is 15.3 Å². The minimum atomic E-state index is -0.916. The molecule has 2 N–H and O–H groups in total. The first-order valence-corrected chi connectivity index (χ1v) is 7.35. The van der Waals surface area contributed by atoms with Crippen LogP contribution in [0.1, 0.15) is 40.0 Å². The van der Waals surface area contributed by atoms with Crippen LogP contribution >= 0.6 is 0 Å². The molecule has 114 valence electrons. The highest BCUT2D eigenvalue weighted by atomic mass is 16.4. The van der Waals surface area contributed by atoms with Crippen LogP contribution in [0, 0.1) is 0 Å². The Morgan fingerprint density at radius 2 is 2.05 bits per heavy atom. The Morgan fingerprint density at radius 1 is 1.35 bits per heavy atom. The van der Waals surface area contributed by atoms with E-state index in [0.29, 0.717) is 19.5 Å². The van der Waals surface area contributed by atoms with Gasteiger partial charge >= 0.3 is 6.09 Å². The van der Waals surface area contributed by atoms with Gasteiger partial charge in [-0.15, -0.1) is 0 Å². The minimum Gasteiger partial charge on any atom is -0.465 e. The van der Waals surface area contributed by atoms with Crippen molar-refractivity contribution in [3.05, 3.63) is 0 Å². The third kappa shape index (κ3) is 2.90. The predicted octanol–water partition coefficient (Wildman–Crippen LogP) is 1.12. The maximum atomic E-state index is 12.1. The molecule has 0 bridgehead atoms. The fraction of sp³-hybridized carbons (Fsp3) is 0.857. The van der Waals surface area contributed by atoms with Crippen molar-refractivity contribution in [3.8, 4) is 0 Å². The van der Waals surface area contributed by atoms with E-state index in [1.54, 1.807) is 0 Å². The van der Waals surface area contributed by atoms with Crippen LogP contribution in [0.25, 0.3) is 0 Å². The summed E-state index contributed by atoms with van der Waals surface area (Å²) in [5.41, 5.74) is -0.473. The third-order valence-corrected chi connectivity index (χ3v) is 4.17. The summed E-state index contributed by atoms with van der Waals surface area (Å²) < 4.78 is 0. The van der Waals surface area contributed by atoms with Gasteiger partial charge in [-0.2, -0.15) is 0 Å². The van der Waals surface area contributed by atoms with Gasteiger partial charge in [0, 0.05) is 31.6 Å². The summed E-state index contributed by atoms with van der Waals surface area (Å²) in [6.07, 6.45) is 1.63. The number of carbonyl (C=O) groups is 2. The fourth-order valence-corrected chi connectivity index (χ4v) is 3.34. The molecule has 0 unspecified atom stereocenters. The molecule has 2 amide bonds. The molecule has 6 nitrogen and oxygen atoms in total. The summed E-state index contributed by atoms with van der Waals surface area (Å²) in [5.74, 6) is 0.161. The van der Waals surface area contributed by atoms with Crippen LogP contribution in [-0.4, -0.2) is 64.2 Å². The number of nitrogens with one attached hydrogen (secondary N) is 1. The SMILES string of the molecule is CC(C)(C)N(C(=O)O)[C@H]1CNC[C@@H]1N1CCCCC1=O.